The summed E-state index contributed by atoms with van der Waals surface area (Å²) in [7, 11) is 0. The van der Waals surface area contributed by atoms with Crippen LogP contribution in [0.25, 0.3) is 0 Å². The topological polar surface area (TPSA) is 6.48 Å². The zero-order chi connectivity index (χ0) is 10.7. The van der Waals surface area contributed by atoms with Crippen molar-refractivity contribution < 1.29 is 0 Å². The van der Waals surface area contributed by atoms with Crippen molar-refractivity contribution in [1.82, 2.24) is 9.80 Å². The first-order chi connectivity index (χ1) is 7.29. The molecule has 15 heavy (non-hydrogen) atoms. The van der Waals surface area contributed by atoms with Crippen LogP contribution in [0.3, 0.4) is 0 Å². The average molecular weight is 226 g/mol. The number of likely N-dealkylation sites (tertiary alicyclic amines) is 2. The number of thiol groups is 1. The minimum absolute atomic E-state index is 0.820. The molecule has 2 heterocycles. The van der Waals surface area contributed by atoms with Gasteiger partial charge < -0.3 is 0 Å². The maximum Gasteiger partial charge on any atom is 0.0235 e. The van der Waals surface area contributed by atoms with Gasteiger partial charge in [0.2, 0.25) is 0 Å². The van der Waals surface area contributed by atoms with Gasteiger partial charge >= 0.3 is 0 Å². The van der Waals surface area contributed by atoms with Crippen LogP contribution >= 0.6 is 12.6 Å². The number of hydrogen-bond acceptors (Lipinski definition) is 3. The van der Waals surface area contributed by atoms with Crippen molar-refractivity contribution in [3.63, 3.8) is 0 Å². The van der Waals surface area contributed by atoms with Crippen molar-refractivity contribution in [3.8, 4) is 0 Å². The summed E-state index contributed by atoms with van der Waals surface area (Å²) in [5, 5.41) is 0. The second kappa shape index (κ2) is 5.37. The molecule has 2 aliphatic heterocycles. The third-order valence-corrected chi connectivity index (χ3v) is 4.02. The highest BCUT2D eigenvalue weighted by Gasteiger charge is 2.28. The summed E-state index contributed by atoms with van der Waals surface area (Å²) < 4.78 is 0. The molecule has 2 fully saturated rings. The highest BCUT2D eigenvalue weighted by Crippen LogP contribution is 2.20. The fourth-order valence-electron chi connectivity index (χ4n) is 2.73. The van der Waals surface area contributed by atoms with Crippen LogP contribution in [0, 0.1) is 0 Å². The van der Waals surface area contributed by atoms with Crippen molar-refractivity contribution in [2.45, 2.75) is 25.3 Å². The Kier molecular flexibility index (Phi) is 4.12. The molecule has 86 valence electrons. The van der Waals surface area contributed by atoms with Crippen molar-refractivity contribution in [2.75, 3.05) is 38.5 Å². The van der Waals surface area contributed by atoms with Gasteiger partial charge in [0.15, 0.2) is 0 Å². The smallest absolute Gasteiger partial charge is 0.0235 e. The Bertz CT molecular complexity index is 224. The molecule has 0 amide bonds. The molecule has 0 saturated carbocycles. The van der Waals surface area contributed by atoms with Crippen LogP contribution in [0.15, 0.2) is 12.2 Å². The highest BCUT2D eigenvalue weighted by molar-refractivity contribution is 7.80. The zero-order valence-electron chi connectivity index (χ0n) is 9.49. The number of nitrogens with zero attached hydrogens (tertiary/aromatic N) is 2. The van der Waals surface area contributed by atoms with Crippen molar-refractivity contribution in [1.29, 1.82) is 0 Å². The largest absolute Gasteiger partial charge is 0.299 e. The molecule has 2 saturated heterocycles. The lowest BCUT2D eigenvalue weighted by Crippen LogP contribution is -2.35. The van der Waals surface area contributed by atoms with E-state index in [0.717, 1.165) is 18.3 Å². The maximum atomic E-state index is 4.26. The standard InChI is InChI=1S/C12H22N2S/c1-11(10-15)8-13-7-4-12(9-13)14-5-2-3-6-14/h12,15H,1-10H2. The normalized spacial score (nSPS) is 28.7. The fourth-order valence-corrected chi connectivity index (χ4v) is 2.83. The summed E-state index contributed by atoms with van der Waals surface area (Å²) >= 11 is 4.26. The third kappa shape index (κ3) is 2.99. The predicted molar refractivity (Wildman–Crippen MR) is 68.6 cm³/mol. The lowest BCUT2D eigenvalue weighted by atomic mass is 10.2. The van der Waals surface area contributed by atoms with E-state index < -0.39 is 0 Å². The first-order valence-corrected chi connectivity index (χ1v) is 6.67. The highest BCUT2D eigenvalue weighted by atomic mass is 32.1. The molecule has 0 spiro atoms. The quantitative estimate of drug-likeness (QED) is 0.575. The van der Waals surface area contributed by atoms with E-state index >= 15 is 0 Å². The summed E-state index contributed by atoms with van der Waals surface area (Å²) in [4.78, 5) is 5.20. The number of hydrogen-bond donors (Lipinski definition) is 1. The first-order valence-electron chi connectivity index (χ1n) is 6.03. The first kappa shape index (κ1) is 11.5. The van der Waals surface area contributed by atoms with Gasteiger partial charge in [-0.05, 0) is 32.4 Å². The van der Waals surface area contributed by atoms with Crippen LogP contribution in [0.1, 0.15) is 19.3 Å². The van der Waals surface area contributed by atoms with Gasteiger partial charge in [-0.3, -0.25) is 9.80 Å². The van der Waals surface area contributed by atoms with E-state index in [0.29, 0.717) is 0 Å². The Morgan fingerprint density at radius 1 is 1.27 bits per heavy atom. The van der Waals surface area contributed by atoms with Crippen molar-refractivity contribution in [3.05, 3.63) is 12.2 Å². The Balaban J connectivity index is 1.76. The fraction of sp³-hybridized carbons (Fsp3) is 0.833. The molecule has 0 radical (unpaired) electrons. The molecule has 0 N–H and O–H groups in total. The molecular weight excluding hydrogens is 204 g/mol. The van der Waals surface area contributed by atoms with Gasteiger partial charge in [-0.2, -0.15) is 12.6 Å². The SMILES string of the molecule is C=C(CS)CN1CCC(N2CCCC2)C1. The van der Waals surface area contributed by atoms with Gasteiger partial charge in [0.25, 0.3) is 0 Å². The van der Waals surface area contributed by atoms with Crippen molar-refractivity contribution >= 4 is 12.6 Å². The Hall–Kier alpha value is 0.01000. The molecule has 0 aromatic carbocycles. The van der Waals surface area contributed by atoms with Crippen LogP contribution < -0.4 is 0 Å². The average Bonchev–Trinajstić information content (AvgIpc) is 2.85. The minimum Gasteiger partial charge on any atom is -0.299 e. The van der Waals surface area contributed by atoms with Gasteiger partial charge in [0.05, 0.1) is 0 Å². The Morgan fingerprint density at radius 2 is 2.00 bits per heavy atom. The van der Waals surface area contributed by atoms with Gasteiger partial charge in [-0.15, -0.1) is 0 Å². The molecule has 0 aliphatic carbocycles. The molecule has 0 aromatic heterocycles. The lowest BCUT2D eigenvalue weighted by molar-refractivity contribution is 0.237. The molecular formula is C12H22N2S. The third-order valence-electron chi connectivity index (χ3n) is 3.58. The van der Waals surface area contributed by atoms with E-state index in [1.165, 1.54) is 51.0 Å². The lowest BCUT2D eigenvalue weighted by Gasteiger charge is -2.23. The Morgan fingerprint density at radius 3 is 2.67 bits per heavy atom. The van der Waals surface area contributed by atoms with E-state index in [1.54, 1.807) is 0 Å². The van der Waals surface area contributed by atoms with Crippen LogP contribution in [0.4, 0.5) is 0 Å². The summed E-state index contributed by atoms with van der Waals surface area (Å²) in [5.41, 5.74) is 1.25. The summed E-state index contributed by atoms with van der Waals surface area (Å²) in [6.45, 7) is 10.2. The van der Waals surface area contributed by atoms with Gasteiger partial charge in [-0.1, -0.05) is 12.2 Å². The second-order valence-corrected chi connectivity index (χ2v) is 5.15. The zero-order valence-corrected chi connectivity index (χ0v) is 10.4. The van der Waals surface area contributed by atoms with Gasteiger partial charge in [0.1, 0.15) is 0 Å². The van der Waals surface area contributed by atoms with Crippen LogP contribution in [0.2, 0.25) is 0 Å². The Labute approximate surface area is 98.7 Å². The monoisotopic (exact) mass is 226 g/mol. The van der Waals surface area contributed by atoms with E-state index in [-0.39, 0.29) is 0 Å². The minimum atomic E-state index is 0.820. The van der Waals surface area contributed by atoms with Crippen molar-refractivity contribution in [2.24, 2.45) is 0 Å². The molecule has 2 nitrogen and oxygen atoms in total. The predicted octanol–water partition coefficient (Wildman–Crippen LogP) is 1.64. The van der Waals surface area contributed by atoms with E-state index in [4.69, 9.17) is 0 Å². The molecule has 1 unspecified atom stereocenters. The molecule has 3 heteroatoms. The molecule has 0 aromatic rings. The second-order valence-electron chi connectivity index (χ2n) is 4.83. The van der Waals surface area contributed by atoms with Crippen LogP contribution in [-0.4, -0.2) is 54.3 Å². The van der Waals surface area contributed by atoms with Crippen LogP contribution in [-0.2, 0) is 0 Å². The van der Waals surface area contributed by atoms with Crippen LogP contribution in [0.5, 0.6) is 0 Å². The molecule has 2 aliphatic rings. The van der Waals surface area contributed by atoms with E-state index in [1.807, 2.05) is 0 Å². The number of rotatable bonds is 4. The van der Waals surface area contributed by atoms with E-state index in [9.17, 15) is 0 Å². The van der Waals surface area contributed by atoms with Gasteiger partial charge in [0, 0.05) is 31.4 Å². The van der Waals surface area contributed by atoms with Gasteiger partial charge in [-0.25, -0.2) is 0 Å². The maximum absolute atomic E-state index is 4.26. The summed E-state index contributed by atoms with van der Waals surface area (Å²) in [6, 6.07) is 0.820. The van der Waals surface area contributed by atoms with E-state index in [2.05, 4.69) is 29.0 Å². The molecule has 1 atom stereocenters. The molecule has 2 rings (SSSR count). The molecule has 0 bridgehead atoms. The summed E-state index contributed by atoms with van der Waals surface area (Å²) in [5.74, 6) is 0.824. The summed E-state index contributed by atoms with van der Waals surface area (Å²) in [6.07, 6.45) is 4.15.